The van der Waals surface area contributed by atoms with Crippen molar-refractivity contribution in [2.75, 3.05) is 31.0 Å². The van der Waals surface area contributed by atoms with Gasteiger partial charge in [0.2, 0.25) is 5.91 Å². The maximum Gasteiger partial charge on any atom is 0.268 e. The first-order valence-electron chi connectivity index (χ1n) is 8.23. The van der Waals surface area contributed by atoms with E-state index >= 15 is 0 Å². The Bertz CT molecular complexity index is 886. The maximum absolute atomic E-state index is 12.6. The van der Waals surface area contributed by atoms with E-state index in [4.69, 9.17) is 25.8 Å². The molecule has 3 rings (SSSR count). The van der Waals surface area contributed by atoms with Gasteiger partial charge in [0.1, 0.15) is 23.8 Å². The Balaban J connectivity index is 1.83. The van der Waals surface area contributed by atoms with Crippen LogP contribution < -0.4 is 24.4 Å². The summed E-state index contributed by atoms with van der Waals surface area (Å²) in [6.45, 7) is 1.48. The quantitative estimate of drug-likeness (QED) is 0.848. The van der Waals surface area contributed by atoms with Gasteiger partial charge in [0.05, 0.1) is 30.6 Å². The molecule has 2 amide bonds. The minimum Gasteiger partial charge on any atom is -0.495 e. The van der Waals surface area contributed by atoms with Crippen molar-refractivity contribution in [3.05, 3.63) is 41.4 Å². The number of para-hydroxylation sites is 2. The van der Waals surface area contributed by atoms with Crippen LogP contribution in [0.3, 0.4) is 0 Å². The van der Waals surface area contributed by atoms with Gasteiger partial charge in [0.25, 0.3) is 5.91 Å². The molecule has 0 aromatic heterocycles. The van der Waals surface area contributed by atoms with Gasteiger partial charge >= 0.3 is 0 Å². The Labute approximate surface area is 161 Å². The Morgan fingerprint density at radius 1 is 1.22 bits per heavy atom. The van der Waals surface area contributed by atoms with E-state index in [1.165, 1.54) is 19.1 Å². The first-order chi connectivity index (χ1) is 12.9. The molecule has 0 fully saturated rings. The second kappa shape index (κ2) is 7.75. The molecule has 0 aliphatic carbocycles. The number of rotatable bonds is 5. The Morgan fingerprint density at radius 3 is 2.63 bits per heavy atom. The average Bonchev–Trinajstić information content (AvgIpc) is 2.66. The lowest BCUT2D eigenvalue weighted by Crippen LogP contribution is -2.47. The zero-order valence-electron chi connectivity index (χ0n) is 15.1. The summed E-state index contributed by atoms with van der Waals surface area (Å²) in [4.78, 5) is 26.5. The third-order valence-electron chi connectivity index (χ3n) is 4.12. The van der Waals surface area contributed by atoms with E-state index in [1.807, 2.05) is 6.07 Å². The number of hydrogen-bond acceptors (Lipinski definition) is 5. The number of anilines is 2. The lowest BCUT2D eigenvalue weighted by Gasteiger charge is -2.32. The van der Waals surface area contributed by atoms with Gasteiger partial charge in [0.15, 0.2) is 6.10 Å². The number of amides is 2. The minimum absolute atomic E-state index is 0.169. The van der Waals surface area contributed by atoms with Crippen molar-refractivity contribution in [2.45, 2.75) is 13.0 Å². The highest BCUT2D eigenvalue weighted by Gasteiger charge is 2.32. The summed E-state index contributed by atoms with van der Waals surface area (Å²) >= 11 is 6.08. The third kappa shape index (κ3) is 3.78. The molecule has 0 spiro atoms. The van der Waals surface area contributed by atoms with E-state index in [0.717, 1.165) is 0 Å². The first kappa shape index (κ1) is 18.8. The topological polar surface area (TPSA) is 77.1 Å². The van der Waals surface area contributed by atoms with E-state index < -0.39 is 12.0 Å². The van der Waals surface area contributed by atoms with Crippen LogP contribution in [0.15, 0.2) is 36.4 Å². The molecule has 1 unspecified atom stereocenters. The number of fused-ring (bicyclic) bond motifs is 1. The smallest absolute Gasteiger partial charge is 0.268 e. The van der Waals surface area contributed by atoms with Gasteiger partial charge in [0, 0.05) is 12.1 Å². The third-order valence-corrected chi connectivity index (χ3v) is 4.42. The summed E-state index contributed by atoms with van der Waals surface area (Å²) in [7, 11) is 2.95. The molecular weight excluding hydrogens is 372 g/mol. The molecule has 2 aromatic rings. The fourth-order valence-electron chi connectivity index (χ4n) is 2.81. The van der Waals surface area contributed by atoms with Crippen LogP contribution >= 0.6 is 11.6 Å². The average molecular weight is 391 g/mol. The molecule has 8 heteroatoms. The normalized spacial score (nSPS) is 15.6. The van der Waals surface area contributed by atoms with E-state index in [0.29, 0.717) is 33.6 Å². The lowest BCUT2D eigenvalue weighted by molar-refractivity contribution is -0.127. The molecule has 1 aliphatic rings. The molecule has 0 saturated carbocycles. The number of carbonyl (C=O) groups is 2. The molecule has 27 heavy (non-hydrogen) atoms. The molecular formula is C19H19ClN2O5. The molecule has 7 nitrogen and oxygen atoms in total. The monoisotopic (exact) mass is 390 g/mol. The minimum atomic E-state index is -0.669. The van der Waals surface area contributed by atoms with Gasteiger partial charge < -0.3 is 19.5 Å². The molecule has 1 heterocycles. The fraction of sp³-hybridized carbons (Fsp3) is 0.263. The zero-order valence-corrected chi connectivity index (χ0v) is 15.9. The molecule has 2 aromatic carbocycles. The van der Waals surface area contributed by atoms with Crippen LogP contribution in [0.25, 0.3) is 0 Å². The van der Waals surface area contributed by atoms with Gasteiger partial charge in [-0.3, -0.25) is 14.5 Å². The highest BCUT2D eigenvalue weighted by atomic mass is 35.5. The van der Waals surface area contributed by atoms with E-state index in [9.17, 15) is 9.59 Å². The van der Waals surface area contributed by atoms with E-state index in [-0.39, 0.29) is 12.5 Å². The van der Waals surface area contributed by atoms with Crippen LogP contribution in [-0.2, 0) is 9.59 Å². The molecule has 1 aliphatic heterocycles. The van der Waals surface area contributed by atoms with Crippen LogP contribution in [0, 0.1) is 0 Å². The first-order valence-corrected chi connectivity index (χ1v) is 8.60. The Hall–Kier alpha value is -2.93. The molecule has 1 atom stereocenters. The molecule has 0 saturated heterocycles. The van der Waals surface area contributed by atoms with Crippen LogP contribution in [0.1, 0.15) is 6.92 Å². The van der Waals surface area contributed by atoms with Gasteiger partial charge in [-0.15, -0.1) is 0 Å². The summed E-state index contributed by atoms with van der Waals surface area (Å²) in [5.41, 5.74) is 0.946. The highest BCUT2D eigenvalue weighted by molar-refractivity contribution is 6.32. The number of halogens is 1. The summed E-state index contributed by atoms with van der Waals surface area (Å²) in [6, 6.07) is 10.2. The lowest BCUT2D eigenvalue weighted by atomic mass is 10.2. The van der Waals surface area contributed by atoms with E-state index in [1.54, 1.807) is 37.3 Å². The summed E-state index contributed by atoms with van der Waals surface area (Å²) in [5, 5.41) is 3.10. The van der Waals surface area contributed by atoms with E-state index in [2.05, 4.69) is 5.32 Å². The van der Waals surface area contributed by atoms with Crippen LogP contribution in [0.2, 0.25) is 5.02 Å². The number of carbonyl (C=O) groups excluding carboxylic acids is 2. The number of ether oxygens (including phenoxy) is 3. The number of methoxy groups -OCH3 is 2. The number of nitrogens with zero attached hydrogens (tertiary/aromatic N) is 1. The van der Waals surface area contributed by atoms with Gasteiger partial charge in [-0.05, 0) is 19.1 Å². The summed E-state index contributed by atoms with van der Waals surface area (Å²) in [6.07, 6.45) is -0.669. The van der Waals surface area contributed by atoms with Crippen molar-refractivity contribution >= 4 is 34.8 Å². The zero-order chi connectivity index (χ0) is 19.6. The maximum atomic E-state index is 12.6. The van der Waals surface area contributed by atoms with Gasteiger partial charge in [-0.1, -0.05) is 23.7 Å². The van der Waals surface area contributed by atoms with Crippen LogP contribution in [0.5, 0.6) is 17.2 Å². The summed E-state index contributed by atoms with van der Waals surface area (Å²) < 4.78 is 16.0. The van der Waals surface area contributed by atoms with Crippen molar-refractivity contribution in [1.29, 1.82) is 0 Å². The molecule has 0 radical (unpaired) electrons. The van der Waals surface area contributed by atoms with Crippen molar-refractivity contribution < 1.29 is 23.8 Å². The predicted molar refractivity (Wildman–Crippen MR) is 102 cm³/mol. The standard InChI is InChI=1S/C19H19ClN2O5/c1-11-19(24)22(14-6-4-5-7-15(14)27-11)10-18(23)21-13-9-16(25-2)12(20)8-17(13)26-3/h4-9,11H,10H2,1-3H3,(H,21,23). The SMILES string of the molecule is COc1cc(NC(=O)CN2C(=O)C(C)Oc3ccccc32)c(OC)cc1Cl. The largest absolute Gasteiger partial charge is 0.495 e. The molecule has 0 bridgehead atoms. The highest BCUT2D eigenvalue weighted by Crippen LogP contribution is 2.36. The predicted octanol–water partition coefficient (Wildman–Crippen LogP) is 3.11. The number of benzene rings is 2. The summed E-state index contributed by atoms with van der Waals surface area (Å²) in [5.74, 6) is 0.660. The van der Waals surface area contributed by atoms with Crippen molar-refractivity contribution in [3.8, 4) is 17.2 Å². The van der Waals surface area contributed by atoms with Crippen molar-refractivity contribution in [2.24, 2.45) is 0 Å². The van der Waals surface area contributed by atoms with Crippen LogP contribution in [0.4, 0.5) is 11.4 Å². The molecule has 142 valence electrons. The van der Waals surface area contributed by atoms with Crippen molar-refractivity contribution in [3.63, 3.8) is 0 Å². The second-order valence-corrected chi connectivity index (χ2v) is 6.29. The fourth-order valence-corrected chi connectivity index (χ4v) is 3.04. The second-order valence-electron chi connectivity index (χ2n) is 5.89. The number of hydrogen-bond donors (Lipinski definition) is 1. The number of nitrogens with one attached hydrogen (secondary N) is 1. The van der Waals surface area contributed by atoms with Gasteiger partial charge in [-0.25, -0.2) is 0 Å². The molecule has 1 N–H and O–H groups in total. The Kier molecular flexibility index (Phi) is 5.41. The van der Waals surface area contributed by atoms with Gasteiger partial charge in [-0.2, -0.15) is 0 Å². The van der Waals surface area contributed by atoms with Crippen LogP contribution in [-0.4, -0.2) is 38.7 Å². The Morgan fingerprint density at radius 2 is 1.93 bits per heavy atom. The van der Waals surface area contributed by atoms with Crippen molar-refractivity contribution in [1.82, 2.24) is 0 Å².